The van der Waals surface area contributed by atoms with E-state index >= 15 is 0 Å². The molecular weight excluding hydrogens is 403 g/mol. The van der Waals surface area contributed by atoms with Crippen LogP contribution in [-0.2, 0) is 10.0 Å². The van der Waals surface area contributed by atoms with Gasteiger partial charge in [-0.3, -0.25) is 4.79 Å². The maximum absolute atomic E-state index is 13.0. The number of nitrogens with one attached hydrogen (secondary N) is 1. The molecule has 0 aliphatic carbocycles. The number of halogens is 2. The quantitative estimate of drug-likeness (QED) is 0.768. The van der Waals surface area contributed by atoms with Crippen LogP contribution in [0.5, 0.6) is 0 Å². The SMILES string of the molecule is O=C(c1ccc(F)cc1)N1CCC(CCNS(=O)(=O)c2ccccc2Cl)CC1. The fourth-order valence-corrected chi connectivity index (χ4v) is 4.90. The number of amides is 1. The predicted molar refractivity (Wildman–Crippen MR) is 106 cm³/mol. The number of likely N-dealkylation sites (tertiary alicyclic amines) is 1. The Morgan fingerprint density at radius 2 is 1.75 bits per heavy atom. The first kappa shape index (κ1) is 20.8. The van der Waals surface area contributed by atoms with Gasteiger partial charge in [-0.15, -0.1) is 0 Å². The van der Waals surface area contributed by atoms with Crippen molar-refractivity contribution in [2.45, 2.75) is 24.2 Å². The lowest BCUT2D eigenvalue weighted by molar-refractivity contribution is 0.0687. The number of carbonyl (C=O) groups excluding carboxylic acids is 1. The Labute approximate surface area is 169 Å². The second-order valence-corrected chi connectivity index (χ2v) is 9.00. The maximum atomic E-state index is 13.0. The van der Waals surface area contributed by atoms with Gasteiger partial charge in [-0.25, -0.2) is 17.5 Å². The number of rotatable bonds is 6. The summed E-state index contributed by atoms with van der Waals surface area (Å²) >= 11 is 5.96. The van der Waals surface area contributed by atoms with Crippen LogP contribution in [0.2, 0.25) is 5.02 Å². The second-order valence-electron chi connectivity index (χ2n) is 6.86. The highest BCUT2D eigenvalue weighted by Gasteiger charge is 2.24. The summed E-state index contributed by atoms with van der Waals surface area (Å²) in [5.41, 5.74) is 0.479. The highest BCUT2D eigenvalue weighted by Crippen LogP contribution is 2.23. The predicted octanol–water partition coefficient (Wildman–Crippen LogP) is 3.70. The molecule has 8 heteroatoms. The number of sulfonamides is 1. The summed E-state index contributed by atoms with van der Waals surface area (Å²) in [5, 5.41) is 0.197. The van der Waals surface area contributed by atoms with Crippen LogP contribution in [0.15, 0.2) is 53.4 Å². The Bertz CT molecular complexity index is 927. The van der Waals surface area contributed by atoms with E-state index in [2.05, 4.69) is 4.72 Å². The first-order valence-corrected chi connectivity index (χ1v) is 11.0. The van der Waals surface area contributed by atoms with E-state index in [9.17, 15) is 17.6 Å². The third-order valence-electron chi connectivity index (χ3n) is 4.96. The molecule has 1 saturated heterocycles. The molecule has 0 atom stereocenters. The van der Waals surface area contributed by atoms with E-state index in [1.807, 2.05) is 0 Å². The Hall–Kier alpha value is -1.96. The molecule has 0 aromatic heterocycles. The van der Waals surface area contributed by atoms with Gasteiger partial charge in [0.15, 0.2) is 0 Å². The van der Waals surface area contributed by atoms with Gasteiger partial charge in [-0.05, 0) is 61.6 Å². The third-order valence-corrected chi connectivity index (χ3v) is 6.92. The lowest BCUT2D eigenvalue weighted by Crippen LogP contribution is -2.39. The van der Waals surface area contributed by atoms with Gasteiger partial charge in [0.05, 0.1) is 5.02 Å². The average molecular weight is 425 g/mol. The molecule has 0 bridgehead atoms. The summed E-state index contributed by atoms with van der Waals surface area (Å²) in [6.07, 6.45) is 2.31. The van der Waals surface area contributed by atoms with E-state index in [0.717, 1.165) is 12.8 Å². The van der Waals surface area contributed by atoms with Gasteiger partial charge in [0.25, 0.3) is 5.91 Å². The van der Waals surface area contributed by atoms with Crippen LogP contribution in [0.1, 0.15) is 29.6 Å². The smallest absolute Gasteiger partial charge is 0.253 e. The van der Waals surface area contributed by atoms with Crippen molar-refractivity contribution < 1.29 is 17.6 Å². The van der Waals surface area contributed by atoms with E-state index in [-0.39, 0.29) is 21.6 Å². The fraction of sp³-hybridized carbons (Fsp3) is 0.350. The van der Waals surface area contributed by atoms with Crippen LogP contribution in [0.4, 0.5) is 4.39 Å². The highest BCUT2D eigenvalue weighted by atomic mass is 35.5. The molecule has 150 valence electrons. The standard InChI is InChI=1S/C20H22ClFN2O3S/c21-18-3-1-2-4-19(18)28(26,27)23-12-9-15-10-13-24(14-11-15)20(25)16-5-7-17(22)8-6-16/h1-8,15,23H,9-14H2. The van der Waals surface area contributed by atoms with Gasteiger partial charge in [0, 0.05) is 25.2 Å². The van der Waals surface area contributed by atoms with Gasteiger partial charge >= 0.3 is 0 Å². The Kier molecular flexibility index (Phi) is 6.69. The van der Waals surface area contributed by atoms with Crippen molar-refractivity contribution in [1.29, 1.82) is 0 Å². The normalized spacial score (nSPS) is 15.6. The fourth-order valence-electron chi connectivity index (χ4n) is 3.34. The zero-order chi connectivity index (χ0) is 20.1. The van der Waals surface area contributed by atoms with Crippen molar-refractivity contribution in [3.63, 3.8) is 0 Å². The summed E-state index contributed by atoms with van der Waals surface area (Å²) < 4.78 is 40.3. The van der Waals surface area contributed by atoms with Crippen molar-refractivity contribution in [1.82, 2.24) is 9.62 Å². The van der Waals surface area contributed by atoms with Crippen LogP contribution in [0.25, 0.3) is 0 Å². The summed E-state index contributed by atoms with van der Waals surface area (Å²) in [4.78, 5) is 14.3. The molecule has 5 nitrogen and oxygen atoms in total. The molecule has 0 unspecified atom stereocenters. The van der Waals surface area contributed by atoms with E-state index in [1.54, 1.807) is 23.1 Å². The van der Waals surface area contributed by atoms with Gasteiger partial charge < -0.3 is 4.90 Å². The topological polar surface area (TPSA) is 66.5 Å². The minimum Gasteiger partial charge on any atom is -0.339 e. The van der Waals surface area contributed by atoms with Gasteiger partial charge in [0.1, 0.15) is 10.7 Å². The minimum atomic E-state index is -3.63. The van der Waals surface area contributed by atoms with E-state index in [0.29, 0.717) is 37.5 Å². The molecule has 3 rings (SSSR count). The summed E-state index contributed by atoms with van der Waals surface area (Å²) in [5.74, 6) is -0.126. The third kappa shape index (κ3) is 5.10. The zero-order valence-corrected chi connectivity index (χ0v) is 16.8. The lowest BCUT2D eigenvalue weighted by Gasteiger charge is -2.32. The molecule has 1 aliphatic rings. The molecule has 0 saturated carbocycles. The first-order chi connectivity index (χ1) is 13.4. The number of hydrogen-bond acceptors (Lipinski definition) is 3. The molecule has 0 radical (unpaired) electrons. The summed E-state index contributed by atoms with van der Waals surface area (Å²) in [7, 11) is -3.63. The van der Waals surface area contributed by atoms with Crippen molar-refractivity contribution in [3.8, 4) is 0 Å². The Balaban J connectivity index is 1.46. The molecule has 1 aliphatic heterocycles. The van der Waals surface area contributed by atoms with Gasteiger partial charge in [-0.1, -0.05) is 23.7 Å². The number of hydrogen-bond donors (Lipinski definition) is 1. The van der Waals surface area contributed by atoms with E-state index < -0.39 is 10.0 Å². The molecule has 2 aromatic rings. The Morgan fingerprint density at radius 1 is 1.11 bits per heavy atom. The molecule has 2 aromatic carbocycles. The molecular formula is C20H22ClFN2O3S. The second kappa shape index (κ2) is 9.03. The number of benzene rings is 2. The summed E-state index contributed by atoms with van der Waals surface area (Å²) in [6.45, 7) is 1.54. The van der Waals surface area contributed by atoms with Crippen LogP contribution < -0.4 is 4.72 Å². The first-order valence-electron chi connectivity index (χ1n) is 9.16. The molecule has 1 heterocycles. The van der Waals surface area contributed by atoms with Gasteiger partial charge in [0.2, 0.25) is 10.0 Å². The monoisotopic (exact) mass is 424 g/mol. The zero-order valence-electron chi connectivity index (χ0n) is 15.3. The van der Waals surface area contributed by atoms with E-state index in [4.69, 9.17) is 11.6 Å². The largest absolute Gasteiger partial charge is 0.339 e. The molecule has 0 spiro atoms. The molecule has 1 amide bonds. The molecule has 28 heavy (non-hydrogen) atoms. The van der Waals surface area contributed by atoms with Crippen LogP contribution in [0, 0.1) is 11.7 Å². The average Bonchev–Trinajstić information content (AvgIpc) is 2.69. The maximum Gasteiger partial charge on any atom is 0.253 e. The minimum absolute atomic E-state index is 0.0800. The van der Waals surface area contributed by atoms with Crippen molar-refractivity contribution in [2.24, 2.45) is 5.92 Å². The van der Waals surface area contributed by atoms with Gasteiger partial charge in [-0.2, -0.15) is 0 Å². The van der Waals surface area contributed by atoms with Crippen LogP contribution >= 0.6 is 11.6 Å². The number of carbonyl (C=O) groups is 1. The number of nitrogens with zero attached hydrogens (tertiary/aromatic N) is 1. The van der Waals surface area contributed by atoms with Crippen LogP contribution in [-0.4, -0.2) is 38.9 Å². The Morgan fingerprint density at radius 3 is 2.39 bits per heavy atom. The molecule has 1 fully saturated rings. The summed E-state index contributed by atoms with van der Waals surface area (Å²) in [6, 6.07) is 11.9. The highest BCUT2D eigenvalue weighted by molar-refractivity contribution is 7.89. The number of piperidine rings is 1. The molecule has 1 N–H and O–H groups in total. The van der Waals surface area contributed by atoms with Crippen molar-refractivity contribution in [2.75, 3.05) is 19.6 Å². The van der Waals surface area contributed by atoms with Crippen molar-refractivity contribution >= 4 is 27.5 Å². The van der Waals surface area contributed by atoms with Crippen LogP contribution in [0.3, 0.4) is 0 Å². The van der Waals surface area contributed by atoms with E-state index in [1.165, 1.54) is 30.3 Å². The van der Waals surface area contributed by atoms with Crippen molar-refractivity contribution in [3.05, 3.63) is 64.9 Å². The lowest BCUT2D eigenvalue weighted by atomic mass is 9.93.